The standard InChI is InChI=1S/C12H24/c1-6-8-10-11(9-7-2)12(3,4)5/h9H,6-8,10H2,1-5H3/b11-9-. The van der Waals surface area contributed by atoms with Crippen LogP contribution in [0.15, 0.2) is 11.6 Å². The van der Waals surface area contributed by atoms with Crippen molar-refractivity contribution in [3.8, 4) is 0 Å². The first kappa shape index (κ1) is 11.7. The molecule has 0 atom stereocenters. The molecule has 0 rings (SSSR count). The predicted molar refractivity (Wildman–Crippen MR) is 57.4 cm³/mol. The van der Waals surface area contributed by atoms with Crippen molar-refractivity contribution >= 4 is 0 Å². The minimum atomic E-state index is 0.380. The molecule has 0 N–H and O–H groups in total. The monoisotopic (exact) mass is 168 g/mol. The van der Waals surface area contributed by atoms with Crippen LogP contribution in [-0.2, 0) is 0 Å². The highest BCUT2D eigenvalue weighted by Gasteiger charge is 2.15. The minimum Gasteiger partial charge on any atom is -0.0851 e. The highest BCUT2D eigenvalue weighted by atomic mass is 14.2. The fourth-order valence-electron chi connectivity index (χ4n) is 1.40. The fraction of sp³-hybridized carbons (Fsp3) is 0.833. The van der Waals surface area contributed by atoms with Gasteiger partial charge in [-0.05, 0) is 24.7 Å². The molecular weight excluding hydrogens is 144 g/mol. The highest BCUT2D eigenvalue weighted by molar-refractivity contribution is 5.10. The smallest absolute Gasteiger partial charge is 0.0173 e. The summed E-state index contributed by atoms with van der Waals surface area (Å²) in [4.78, 5) is 0. The molecule has 0 aromatic rings. The van der Waals surface area contributed by atoms with Crippen LogP contribution in [0.2, 0.25) is 0 Å². The van der Waals surface area contributed by atoms with Gasteiger partial charge in [-0.2, -0.15) is 0 Å². The van der Waals surface area contributed by atoms with Crippen LogP contribution in [0.1, 0.15) is 60.3 Å². The van der Waals surface area contributed by atoms with Gasteiger partial charge in [-0.25, -0.2) is 0 Å². The van der Waals surface area contributed by atoms with E-state index in [1.54, 1.807) is 5.57 Å². The second-order valence-corrected chi connectivity index (χ2v) is 4.49. The number of hydrogen-bond acceptors (Lipinski definition) is 0. The van der Waals surface area contributed by atoms with E-state index in [-0.39, 0.29) is 0 Å². The molecule has 0 saturated carbocycles. The largest absolute Gasteiger partial charge is 0.0851 e. The molecule has 12 heavy (non-hydrogen) atoms. The Hall–Kier alpha value is -0.260. The van der Waals surface area contributed by atoms with Gasteiger partial charge in [0.2, 0.25) is 0 Å². The van der Waals surface area contributed by atoms with Crippen LogP contribution < -0.4 is 0 Å². The van der Waals surface area contributed by atoms with Crippen LogP contribution in [-0.4, -0.2) is 0 Å². The molecule has 0 aliphatic carbocycles. The van der Waals surface area contributed by atoms with Gasteiger partial charge in [0, 0.05) is 0 Å². The van der Waals surface area contributed by atoms with Gasteiger partial charge in [-0.1, -0.05) is 52.7 Å². The van der Waals surface area contributed by atoms with E-state index in [2.05, 4.69) is 40.7 Å². The molecule has 0 aliphatic heterocycles. The van der Waals surface area contributed by atoms with Gasteiger partial charge in [-0.3, -0.25) is 0 Å². The molecule has 72 valence electrons. The second kappa shape index (κ2) is 5.40. The maximum Gasteiger partial charge on any atom is -0.0173 e. The van der Waals surface area contributed by atoms with Crippen molar-refractivity contribution in [3.05, 3.63) is 11.6 Å². The van der Waals surface area contributed by atoms with E-state index < -0.39 is 0 Å². The molecule has 0 heterocycles. The van der Waals surface area contributed by atoms with Crippen molar-refractivity contribution < 1.29 is 0 Å². The first-order chi connectivity index (χ1) is 5.52. The maximum absolute atomic E-state index is 2.40. The molecule has 0 heteroatoms. The average molecular weight is 168 g/mol. The van der Waals surface area contributed by atoms with Crippen molar-refractivity contribution in [1.82, 2.24) is 0 Å². The first-order valence-corrected chi connectivity index (χ1v) is 5.21. The van der Waals surface area contributed by atoms with Crippen molar-refractivity contribution in [2.75, 3.05) is 0 Å². The summed E-state index contributed by atoms with van der Waals surface area (Å²) in [6.07, 6.45) is 7.50. The van der Waals surface area contributed by atoms with Gasteiger partial charge in [0.25, 0.3) is 0 Å². The summed E-state index contributed by atoms with van der Waals surface area (Å²) in [6.45, 7) is 11.4. The molecule has 0 fully saturated rings. The van der Waals surface area contributed by atoms with Crippen molar-refractivity contribution in [3.63, 3.8) is 0 Å². The molecule has 0 radical (unpaired) electrons. The third-order valence-electron chi connectivity index (χ3n) is 2.21. The summed E-state index contributed by atoms with van der Waals surface area (Å²) in [5.41, 5.74) is 2.01. The number of rotatable bonds is 4. The Kier molecular flexibility index (Phi) is 5.28. The average Bonchev–Trinajstić information content (AvgIpc) is 1.95. The van der Waals surface area contributed by atoms with Gasteiger partial charge < -0.3 is 0 Å². The zero-order valence-electron chi connectivity index (χ0n) is 9.41. The van der Waals surface area contributed by atoms with Crippen LogP contribution in [0.25, 0.3) is 0 Å². The maximum atomic E-state index is 2.40. The van der Waals surface area contributed by atoms with Crippen LogP contribution in [0.4, 0.5) is 0 Å². The predicted octanol–water partition coefficient (Wildman–Crippen LogP) is 4.56. The summed E-state index contributed by atoms with van der Waals surface area (Å²) < 4.78 is 0. The van der Waals surface area contributed by atoms with E-state index >= 15 is 0 Å². The molecule has 0 saturated heterocycles. The van der Waals surface area contributed by atoms with E-state index in [9.17, 15) is 0 Å². The third kappa shape index (κ3) is 4.58. The summed E-state index contributed by atoms with van der Waals surface area (Å²) in [6, 6.07) is 0. The fourth-order valence-corrected chi connectivity index (χ4v) is 1.40. The topological polar surface area (TPSA) is 0 Å². The number of allylic oxidation sites excluding steroid dienone is 2. The summed E-state index contributed by atoms with van der Waals surface area (Å²) >= 11 is 0. The van der Waals surface area contributed by atoms with E-state index in [0.29, 0.717) is 5.41 Å². The first-order valence-electron chi connectivity index (χ1n) is 5.21. The lowest BCUT2D eigenvalue weighted by Crippen LogP contribution is -2.09. The van der Waals surface area contributed by atoms with Crippen molar-refractivity contribution in [2.24, 2.45) is 5.41 Å². The molecule has 0 spiro atoms. The molecule has 0 bridgehead atoms. The van der Waals surface area contributed by atoms with Crippen molar-refractivity contribution in [2.45, 2.75) is 60.3 Å². The minimum absolute atomic E-state index is 0.380. The van der Waals surface area contributed by atoms with Crippen LogP contribution >= 0.6 is 0 Å². The van der Waals surface area contributed by atoms with Crippen LogP contribution in [0.3, 0.4) is 0 Å². The lowest BCUT2D eigenvalue weighted by molar-refractivity contribution is 0.473. The summed E-state index contributed by atoms with van der Waals surface area (Å²) in [5, 5.41) is 0. The molecule has 0 aromatic carbocycles. The molecule has 0 nitrogen and oxygen atoms in total. The summed E-state index contributed by atoms with van der Waals surface area (Å²) in [7, 11) is 0. The third-order valence-corrected chi connectivity index (χ3v) is 2.21. The van der Waals surface area contributed by atoms with Gasteiger partial charge in [0.1, 0.15) is 0 Å². The van der Waals surface area contributed by atoms with Gasteiger partial charge >= 0.3 is 0 Å². The molecule has 0 amide bonds. The summed E-state index contributed by atoms with van der Waals surface area (Å²) in [5.74, 6) is 0. The lowest BCUT2D eigenvalue weighted by Gasteiger charge is -2.23. The van der Waals surface area contributed by atoms with Crippen LogP contribution in [0.5, 0.6) is 0 Å². The molecule has 0 aliphatic rings. The number of unbranched alkanes of at least 4 members (excludes halogenated alkanes) is 1. The van der Waals surface area contributed by atoms with Gasteiger partial charge in [0.15, 0.2) is 0 Å². The molecule has 0 unspecified atom stereocenters. The normalized spacial score (nSPS) is 13.6. The van der Waals surface area contributed by atoms with Crippen molar-refractivity contribution in [1.29, 1.82) is 0 Å². The second-order valence-electron chi connectivity index (χ2n) is 4.49. The van der Waals surface area contributed by atoms with E-state index in [4.69, 9.17) is 0 Å². The Labute approximate surface area is 78.1 Å². The van der Waals surface area contributed by atoms with Crippen LogP contribution in [0, 0.1) is 5.41 Å². The molecular formula is C12H24. The lowest BCUT2D eigenvalue weighted by atomic mass is 9.83. The van der Waals surface area contributed by atoms with E-state index in [1.165, 1.54) is 25.7 Å². The Bertz CT molecular complexity index is 135. The number of hydrogen-bond donors (Lipinski definition) is 0. The zero-order chi connectivity index (χ0) is 9.61. The van der Waals surface area contributed by atoms with E-state index in [0.717, 1.165) is 0 Å². The molecule has 0 aromatic heterocycles. The Morgan fingerprint density at radius 3 is 2.08 bits per heavy atom. The van der Waals surface area contributed by atoms with E-state index in [1.807, 2.05) is 0 Å². The van der Waals surface area contributed by atoms with Gasteiger partial charge in [0.05, 0.1) is 0 Å². The van der Waals surface area contributed by atoms with Gasteiger partial charge in [-0.15, -0.1) is 0 Å². The SMILES string of the molecule is CC/C=C(/CCCC)C(C)(C)C. The highest BCUT2D eigenvalue weighted by Crippen LogP contribution is 2.29. The quantitative estimate of drug-likeness (QED) is 0.540. The Balaban J connectivity index is 4.15. The Morgan fingerprint density at radius 1 is 1.17 bits per heavy atom. The zero-order valence-corrected chi connectivity index (χ0v) is 9.41. The Morgan fingerprint density at radius 2 is 1.75 bits per heavy atom.